The molecule has 2 amide bonds. The molecule has 0 saturated carbocycles. The molecule has 1 aliphatic heterocycles. The molecular formula is C21H24N2O4. The third-order valence-electron chi connectivity index (χ3n) is 4.36. The van der Waals surface area contributed by atoms with Gasteiger partial charge in [-0.3, -0.25) is 9.59 Å². The van der Waals surface area contributed by atoms with Crippen molar-refractivity contribution in [1.29, 1.82) is 0 Å². The molecule has 6 nitrogen and oxygen atoms in total. The zero-order chi connectivity index (χ0) is 18.9. The van der Waals surface area contributed by atoms with Gasteiger partial charge in [0, 0.05) is 6.61 Å². The van der Waals surface area contributed by atoms with E-state index in [0.29, 0.717) is 19.0 Å². The summed E-state index contributed by atoms with van der Waals surface area (Å²) in [7, 11) is 0. The maximum atomic E-state index is 12.0. The van der Waals surface area contributed by atoms with Crippen molar-refractivity contribution >= 4 is 11.8 Å². The van der Waals surface area contributed by atoms with Gasteiger partial charge in [-0.25, -0.2) is 0 Å². The van der Waals surface area contributed by atoms with E-state index in [1.807, 2.05) is 48.5 Å². The molecule has 1 heterocycles. The van der Waals surface area contributed by atoms with E-state index in [4.69, 9.17) is 9.47 Å². The first-order valence-corrected chi connectivity index (χ1v) is 9.11. The Morgan fingerprint density at radius 2 is 1.74 bits per heavy atom. The van der Waals surface area contributed by atoms with Gasteiger partial charge >= 0.3 is 0 Å². The fourth-order valence-electron chi connectivity index (χ4n) is 2.90. The number of nitrogens with one attached hydrogen (secondary N) is 2. The number of rotatable bonds is 10. The molecule has 27 heavy (non-hydrogen) atoms. The minimum Gasteiger partial charge on any atom is -0.484 e. The van der Waals surface area contributed by atoms with Gasteiger partial charge < -0.3 is 20.1 Å². The molecule has 0 spiro atoms. The highest BCUT2D eigenvalue weighted by Gasteiger charge is 2.39. The van der Waals surface area contributed by atoms with Gasteiger partial charge in [-0.1, -0.05) is 48.5 Å². The summed E-state index contributed by atoms with van der Waals surface area (Å²) >= 11 is 0. The number of para-hydroxylation sites is 1. The fourth-order valence-corrected chi connectivity index (χ4v) is 2.90. The van der Waals surface area contributed by atoms with E-state index < -0.39 is 6.04 Å². The van der Waals surface area contributed by atoms with Gasteiger partial charge in [-0.15, -0.1) is 0 Å². The number of benzene rings is 2. The third kappa shape index (κ3) is 5.82. The monoisotopic (exact) mass is 368 g/mol. The Hall–Kier alpha value is -2.86. The lowest BCUT2D eigenvalue weighted by atomic mass is 9.94. The quantitative estimate of drug-likeness (QED) is 0.497. The molecule has 0 bridgehead atoms. The maximum absolute atomic E-state index is 12.0. The minimum atomic E-state index is -0.494. The first kappa shape index (κ1) is 18.9. The molecule has 2 aromatic carbocycles. The highest BCUT2D eigenvalue weighted by atomic mass is 16.5. The Bertz CT molecular complexity index is 736. The normalized spacial score (nSPS) is 18.3. The molecule has 6 heteroatoms. The average Bonchev–Trinajstić information content (AvgIpc) is 2.71. The Labute approximate surface area is 158 Å². The molecule has 2 atom stereocenters. The molecule has 0 unspecified atom stereocenters. The van der Waals surface area contributed by atoms with Gasteiger partial charge in [0.25, 0.3) is 5.91 Å². The first-order valence-electron chi connectivity index (χ1n) is 9.11. The zero-order valence-corrected chi connectivity index (χ0v) is 15.1. The van der Waals surface area contributed by atoms with Crippen LogP contribution in [0.3, 0.4) is 0 Å². The lowest BCUT2D eigenvalue weighted by molar-refractivity contribution is -0.137. The second-order valence-electron chi connectivity index (χ2n) is 6.44. The van der Waals surface area contributed by atoms with Crippen LogP contribution in [0.1, 0.15) is 18.4 Å². The Balaban J connectivity index is 1.32. The van der Waals surface area contributed by atoms with Crippen LogP contribution >= 0.6 is 0 Å². The fraction of sp³-hybridized carbons (Fsp3) is 0.333. The van der Waals surface area contributed by atoms with Crippen molar-refractivity contribution in [2.45, 2.75) is 31.5 Å². The summed E-state index contributed by atoms with van der Waals surface area (Å²) in [5.41, 5.74) is 1.14. The van der Waals surface area contributed by atoms with E-state index in [2.05, 4.69) is 10.6 Å². The van der Waals surface area contributed by atoms with Crippen molar-refractivity contribution in [3.8, 4) is 5.75 Å². The lowest BCUT2D eigenvalue weighted by Gasteiger charge is -2.37. The van der Waals surface area contributed by atoms with Gasteiger partial charge in [0.2, 0.25) is 5.91 Å². The summed E-state index contributed by atoms with van der Waals surface area (Å²) < 4.78 is 11.0. The smallest absolute Gasteiger partial charge is 0.258 e. The summed E-state index contributed by atoms with van der Waals surface area (Å²) in [6, 6.07) is 18.5. The van der Waals surface area contributed by atoms with Crippen molar-refractivity contribution in [3.63, 3.8) is 0 Å². The van der Waals surface area contributed by atoms with Crippen LogP contribution < -0.4 is 15.4 Å². The van der Waals surface area contributed by atoms with Gasteiger partial charge in [0.05, 0.1) is 12.6 Å². The number of hydrogen-bond donors (Lipinski definition) is 2. The molecule has 2 N–H and O–H groups in total. The van der Waals surface area contributed by atoms with Crippen LogP contribution in [0.5, 0.6) is 5.75 Å². The molecule has 0 radical (unpaired) electrons. The van der Waals surface area contributed by atoms with Gasteiger partial charge in [0.1, 0.15) is 11.8 Å². The zero-order valence-electron chi connectivity index (χ0n) is 15.1. The highest BCUT2D eigenvalue weighted by molar-refractivity contribution is 5.93. The molecule has 2 aromatic rings. The van der Waals surface area contributed by atoms with Crippen molar-refractivity contribution in [1.82, 2.24) is 10.6 Å². The topological polar surface area (TPSA) is 76.7 Å². The van der Waals surface area contributed by atoms with E-state index in [9.17, 15) is 9.59 Å². The summed E-state index contributed by atoms with van der Waals surface area (Å²) in [6.07, 6.45) is 1.57. The Morgan fingerprint density at radius 3 is 2.44 bits per heavy atom. The van der Waals surface area contributed by atoms with Gasteiger partial charge in [-0.2, -0.15) is 0 Å². The minimum absolute atomic E-state index is 0.0569. The highest BCUT2D eigenvalue weighted by Crippen LogP contribution is 2.13. The second-order valence-corrected chi connectivity index (χ2v) is 6.44. The number of ether oxygens (including phenoxy) is 2. The van der Waals surface area contributed by atoms with E-state index in [-0.39, 0.29) is 24.5 Å². The van der Waals surface area contributed by atoms with E-state index >= 15 is 0 Å². The van der Waals surface area contributed by atoms with Crippen molar-refractivity contribution < 1.29 is 19.1 Å². The van der Waals surface area contributed by atoms with Crippen LogP contribution in [0.15, 0.2) is 60.7 Å². The van der Waals surface area contributed by atoms with Crippen LogP contribution in [0, 0.1) is 0 Å². The molecule has 3 rings (SSSR count). The molecular weight excluding hydrogens is 344 g/mol. The average molecular weight is 368 g/mol. The molecule has 1 fully saturated rings. The summed E-state index contributed by atoms with van der Waals surface area (Å²) in [5.74, 6) is 0.167. The summed E-state index contributed by atoms with van der Waals surface area (Å²) in [4.78, 5) is 23.7. The van der Waals surface area contributed by atoms with Crippen LogP contribution in [0.25, 0.3) is 0 Å². The Morgan fingerprint density at radius 1 is 1.04 bits per heavy atom. The predicted molar refractivity (Wildman–Crippen MR) is 101 cm³/mol. The summed E-state index contributed by atoms with van der Waals surface area (Å²) in [6.45, 7) is 1.08. The first-order chi connectivity index (χ1) is 13.2. The molecule has 0 aromatic heterocycles. The molecule has 1 saturated heterocycles. The third-order valence-corrected chi connectivity index (χ3v) is 4.36. The molecule has 0 aliphatic carbocycles. The maximum Gasteiger partial charge on any atom is 0.258 e. The van der Waals surface area contributed by atoms with Crippen LogP contribution in [0.4, 0.5) is 0 Å². The number of carbonyl (C=O) groups is 2. The van der Waals surface area contributed by atoms with Crippen molar-refractivity contribution in [3.05, 3.63) is 66.2 Å². The van der Waals surface area contributed by atoms with E-state index in [1.165, 1.54) is 0 Å². The van der Waals surface area contributed by atoms with Crippen molar-refractivity contribution in [2.24, 2.45) is 0 Å². The van der Waals surface area contributed by atoms with Gasteiger partial charge in [-0.05, 0) is 30.5 Å². The predicted octanol–water partition coefficient (Wildman–Crippen LogP) is 2.05. The number of amides is 2. The van der Waals surface area contributed by atoms with Crippen LogP contribution in [0.2, 0.25) is 0 Å². The number of hydrogen-bond acceptors (Lipinski definition) is 4. The molecule has 142 valence electrons. The van der Waals surface area contributed by atoms with E-state index in [1.54, 1.807) is 12.1 Å². The second kappa shape index (κ2) is 9.73. The Kier molecular flexibility index (Phi) is 6.82. The van der Waals surface area contributed by atoms with E-state index in [0.717, 1.165) is 18.4 Å². The number of carbonyl (C=O) groups excluding carboxylic acids is 2. The standard InChI is InChI=1S/C21H24N2O4/c24-19(15-27-17-10-5-2-6-11-17)23-20-18(22-21(20)25)12-7-13-26-14-16-8-3-1-4-9-16/h1-6,8-11,18,20H,7,12-15H2,(H,22,25)(H,23,24)/t18-,20+/m1/s1. The molecule has 1 aliphatic rings. The SMILES string of the molecule is O=C(COc1ccccc1)N[C@@H]1C(=O)N[C@@H]1CCCOCc1ccccc1. The van der Waals surface area contributed by atoms with Crippen LogP contribution in [-0.4, -0.2) is 37.1 Å². The number of β-lactam (4-membered cyclic amide) rings is 1. The van der Waals surface area contributed by atoms with Gasteiger partial charge in [0.15, 0.2) is 6.61 Å². The largest absolute Gasteiger partial charge is 0.484 e. The lowest BCUT2D eigenvalue weighted by Crippen LogP contribution is -2.69. The van der Waals surface area contributed by atoms with Crippen molar-refractivity contribution in [2.75, 3.05) is 13.2 Å². The summed E-state index contributed by atoms with van der Waals surface area (Å²) in [5, 5.41) is 5.57. The van der Waals surface area contributed by atoms with Crippen LogP contribution in [-0.2, 0) is 20.9 Å².